The second-order valence-electron chi connectivity index (χ2n) is 2.51. The molecule has 0 N–H and O–H groups in total. The molecular weight excluding hydrogens is 148 g/mol. The van der Waals surface area contributed by atoms with Crippen molar-refractivity contribution in [3.63, 3.8) is 0 Å². The number of hydrogen-bond donors (Lipinski definition) is 0. The summed E-state index contributed by atoms with van der Waals surface area (Å²) in [6.07, 6.45) is 5.48. The molecule has 0 unspecified atom stereocenters. The highest BCUT2D eigenvalue weighted by Crippen LogP contribution is 2.02. The molecule has 1 aliphatic rings. The molecule has 1 heterocycles. The van der Waals surface area contributed by atoms with E-state index in [1.165, 1.54) is 13.0 Å². The lowest BCUT2D eigenvalue weighted by molar-refractivity contribution is -0.00000201. The lowest BCUT2D eigenvalue weighted by Gasteiger charge is -2.16. The standard InChI is InChI=1S/C7H14N2.ClH/c1-3-4-9-6-5-8(2)7-9;/h5-6H,3-4,7H2,1-2H3;1H/p-1. The van der Waals surface area contributed by atoms with E-state index in [4.69, 9.17) is 0 Å². The van der Waals surface area contributed by atoms with E-state index in [1.807, 2.05) is 0 Å². The van der Waals surface area contributed by atoms with Crippen LogP contribution in [0.1, 0.15) is 13.3 Å². The van der Waals surface area contributed by atoms with Crippen LogP contribution in [0.25, 0.3) is 0 Å². The molecule has 1 aliphatic heterocycles. The minimum absolute atomic E-state index is 0. The molecule has 0 atom stereocenters. The molecule has 0 aromatic rings. The van der Waals surface area contributed by atoms with Gasteiger partial charge >= 0.3 is 0 Å². The van der Waals surface area contributed by atoms with Crippen molar-refractivity contribution in [2.45, 2.75) is 13.3 Å². The molecule has 0 fully saturated rings. The maximum atomic E-state index is 2.31. The summed E-state index contributed by atoms with van der Waals surface area (Å²) in [5.41, 5.74) is 0. The molecule has 0 saturated heterocycles. The molecule has 60 valence electrons. The van der Waals surface area contributed by atoms with Crippen LogP contribution in [0.4, 0.5) is 0 Å². The van der Waals surface area contributed by atoms with Crippen LogP contribution in [0, 0.1) is 0 Å². The van der Waals surface area contributed by atoms with Gasteiger partial charge in [-0.1, -0.05) is 6.92 Å². The van der Waals surface area contributed by atoms with E-state index in [-0.39, 0.29) is 12.4 Å². The average Bonchev–Trinajstić information content (AvgIpc) is 2.17. The van der Waals surface area contributed by atoms with Gasteiger partial charge in [0, 0.05) is 26.0 Å². The van der Waals surface area contributed by atoms with Crippen molar-refractivity contribution < 1.29 is 12.4 Å². The van der Waals surface area contributed by atoms with Crippen molar-refractivity contribution in [2.24, 2.45) is 0 Å². The third-order valence-corrected chi connectivity index (χ3v) is 1.45. The Labute approximate surface area is 68.9 Å². The summed E-state index contributed by atoms with van der Waals surface area (Å²) < 4.78 is 0. The molecule has 0 aromatic heterocycles. The van der Waals surface area contributed by atoms with Gasteiger partial charge in [-0.3, -0.25) is 0 Å². The molecule has 0 bridgehead atoms. The van der Waals surface area contributed by atoms with Crippen LogP contribution in [0.2, 0.25) is 0 Å². The Hall–Kier alpha value is -0.370. The van der Waals surface area contributed by atoms with Gasteiger partial charge in [0.25, 0.3) is 0 Å². The number of halogens is 1. The highest BCUT2D eigenvalue weighted by molar-refractivity contribution is 4.87. The second kappa shape index (κ2) is 4.45. The smallest absolute Gasteiger partial charge is 0.0890 e. The van der Waals surface area contributed by atoms with Crippen molar-refractivity contribution in [1.29, 1.82) is 0 Å². The van der Waals surface area contributed by atoms with Gasteiger partial charge < -0.3 is 22.2 Å². The molecule has 0 saturated carbocycles. The summed E-state index contributed by atoms with van der Waals surface area (Å²) in [5, 5.41) is 0. The zero-order valence-electron chi connectivity index (χ0n) is 6.55. The van der Waals surface area contributed by atoms with Gasteiger partial charge in [-0.15, -0.1) is 0 Å². The summed E-state index contributed by atoms with van der Waals surface area (Å²) in [7, 11) is 2.09. The van der Waals surface area contributed by atoms with E-state index < -0.39 is 0 Å². The minimum Gasteiger partial charge on any atom is -1.00 e. The SMILES string of the molecule is CCCN1C=CN(C)C1.[Cl-]. The molecule has 0 aromatic carbocycles. The van der Waals surface area contributed by atoms with E-state index in [1.54, 1.807) is 0 Å². The fourth-order valence-electron chi connectivity index (χ4n) is 1.02. The highest BCUT2D eigenvalue weighted by atomic mass is 35.5. The topological polar surface area (TPSA) is 6.48 Å². The molecule has 0 radical (unpaired) electrons. The summed E-state index contributed by atoms with van der Waals surface area (Å²) >= 11 is 0. The molecule has 0 amide bonds. The van der Waals surface area contributed by atoms with Crippen LogP contribution in [0.3, 0.4) is 0 Å². The highest BCUT2D eigenvalue weighted by Gasteiger charge is 2.04. The van der Waals surface area contributed by atoms with Crippen LogP contribution < -0.4 is 12.4 Å². The first-order chi connectivity index (χ1) is 4.33. The summed E-state index contributed by atoms with van der Waals surface area (Å²) in [5.74, 6) is 0. The lowest BCUT2D eigenvalue weighted by Crippen LogP contribution is -3.00. The third kappa shape index (κ3) is 2.48. The molecule has 3 heteroatoms. The van der Waals surface area contributed by atoms with Crippen LogP contribution in [0.15, 0.2) is 12.4 Å². The first-order valence-corrected chi connectivity index (χ1v) is 3.45. The quantitative estimate of drug-likeness (QED) is 0.466. The van der Waals surface area contributed by atoms with Gasteiger partial charge in [-0.2, -0.15) is 0 Å². The zero-order valence-corrected chi connectivity index (χ0v) is 7.30. The average molecular weight is 162 g/mol. The molecular formula is C7H14ClN2-. The first kappa shape index (κ1) is 9.63. The van der Waals surface area contributed by atoms with E-state index in [9.17, 15) is 0 Å². The largest absolute Gasteiger partial charge is 1.00 e. The van der Waals surface area contributed by atoms with Gasteiger partial charge in [0.05, 0.1) is 6.67 Å². The summed E-state index contributed by atoms with van der Waals surface area (Å²) in [6, 6.07) is 0. The number of rotatable bonds is 2. The van der Waals surface area contributed by atoms with Gasteiger partial charge in [-0.25, -0.2) is 0 Å². The molecule has 0 spiro atoms. The normalized spacial score (nSPS) is 15.8. The predicted octanol–water partition coefficient (Wildman–Crippen LogP) is -1.92. The first-order valence-electron chi connectivity index (χ1n) is 3.45. The van der Waals surface area contributed by atoms with E-state index in [0.717, 1.165) is 6.67 Å². The van der Waals surface area contributed by atoms with Gasteiger partial charge in [0.1, 0.15) is 0 Å². The van der Waals surface area contributed by atoms with Crippen LogP contribution >= 0.6 is 0 Å². The number of nitrogens with zero attached hydrogens (tertiary/aromatic N) is 2. The lowest BCUT2D eigenvalue weighted by atomic mass is 10.4. The fraction of sp³-hybridized carbons (Fsp3) is 0.714. The molecule has 0 aliphatic carbocycles. The van der Waals surface area contributed by atoms with Crippen molar-refractivity contribution in [2.75, 3.05) is 20.3 Å². The van der Waals surface area contributed by atoms with Crippen LogP contribution in [0.5, 0.6) is 0 Å². The Morgan fingerprint density at radius 1 is 1.40 bits per heavy atom. The monoisotopic (exact) mass is 161 g/mol. The Morgan fingerprint density at radius 2 is 2.10 bits per heavy atom. The Bertz CT molecular complexity index is 114. The van der Waals surface area contributed by atoms with Crippen LogP contribution in [-0.2, 0) is 0 Å². The Kier molecular flexibility index (Phi) is 4.28. The molecule has 1 rings (SSSR count). The maximum absolute atomic E-state index is 2.31. The summed E-state index contributed by atoms with van der Waals surface area (Å²) in [6.45, 7) is 4.45. The second-order valence-corrected chi connectivity index (χ2v) is 2.51. The van der Waals surface area contributed by atoms with E-state index >= 15 is 0 Å². The van der Waals surface area contributed by atoms with Crippen molar-refractivity contribution >= 4 is 0 Å². The van der Waals surface area contributed by atoms with E-state index in [0.29, 0.717) is 0 Å². The predicted molar refractivity (Wildman–Crippen MR) is 38.8 cm³/mol. The minimum atomic E-state index is 0. The van der Waals surface area contributed by atoms with Crippen LogP contribution in [-0.4, -0.2) is 30.1 Å². The van der Waals surface area contributed by atoms with Crippen molar-refractivity contribution in [3.05, 3.63) is 12.4 Å². The number of hydrogen-bond acceptors (Lipinski definition) is 2. The van der Waals surface area contributed by atoms with Crippen molar-refractivity contribution in [1.82, 2.24) is 9.80 Å². The fourth-order valence-corrected chi connectivity index (χ4v) is 1.02. The Balaban J connectivity index is 0.000000810. The summed E-state index contributed by atoms with van der Waals surface area (Å²) in [4.78, 5) is 4.48. The molecule has 2 nitrogen and oxygen atoms in total. The van der Waals surface area contributed by atoms with Gasteiger partial charge in [-0.05, 0) is 6.42 Å². The Morgan fingerprint density at radius 3 is 2.50 bits per heavy atom. The maximum Gasteiger partial charge on any atom is 0.0890 e. The van der Waals surface area contributed by atoms with Crippen molar-refractivity contribution in [3.8, 4) is 0 Å². The van der Waals surface area contributed by atoms with E-state index in [2.05, 4.69) is 36.2 Å². The van der Waals surface area contributed by atoms with Gasteiger partial charge in [0.2, 0.25) is 0 Å². The third-order valence-electron chi connectivity index (χ3n) is 1.45. The zero-order chi connectivity index (χ0) is 6.69. The molecule has 10 heavy (non-hydrogen) atoms. The van der Waals surface area contributed by atoms with Gasteiger partial charge in [0.15, 0.2) is 0 Å².